The average Bonchev–Trinajstić information content (AvgIpc) is 2.67. The average molecular weight is 429 g/mol. The molecule has 1 amide bonds. The van der Waals surface area contributed by atoms with E-state index in [1.54, 1.807) is 12.2 Å². The van der Waals surface area contributed by atoms with Gasteiger partial charge in [-0.25, -0.2) is 5.43 Å². The van der Waals surface area contributed by atoms with Crippen LogP contribution in [0.1, 0.15) is 11.1 Å². The maximum absolute atomic E-state index is 12.0. The molecular formula is C21H21BrN2O3. The Labute approximate surface area is 167 Å². The highest BCUT2D eigenvalue weighted by atomic mass is 79.9. The van der Waals surface area contributed by atoms with Crippen LogP contribution in [0, 0.1) is 0 Å². The molecule has 6 heteroatoms. The van der Waals surface area contributed by atoms with E-state index in [0.717, 1.165) is 15.6 Å². The van der Waals surface area contributed by atoms with Crippen molar-refractivity contribution in [2.24, 2.45) is 5.10 Å². The van der Waals surface area contributed by atoms with Gasteiger partial charge in [-0.3, -0.25) is 4.79 Å². The van der Waals surface area contributed by atoms with E-state index in [1.807, 2.05) is 42.5 Å². The van der Waals surface area contributed by atoms with E-state index in [-0.39, 0.29) is 12.5 Å². The van der Waals surface area contributed by atoms with Gasteiger partial charge in [0.25, 0.3) is 5.91 Å². The van der Waals surface area contributed by atoms with Gasteiger partial charge in [0.1, 0.15) is 18.1 Å². The molecule has 0 aliphatic heterocycles. The second kappa shape index (κ2) is 11.0. The number of hydrazone groups is 1. The second-order valence-corrected chi connectivity index (χ2v) is 6.38. The minimum absolute atomic E-state index is 0.135. The number of allylic oxidation sites excluding steroid dienone is 1. The number of nitrogens with zero attached hydrogens (tertiary/aromatic N) is 1. The van der Waals surface area contributed by atoms with Crippen molar-refractivity contribution in [1.82, 2.24) is 5.43 Å². The summed E-state index contributed by atoms with van der Waals surface area (Å²) in [6, 6.07) is 13.1. The van der Waals surface area contributed by atoms with Crippen LogP contribution in [-0.2, 0) is 11.2 Å². The fourth-order valence-corrected chi connectivity index (χ4v) is 2.60. The molecule has 0 aromatic heterocycles. The number of para-hydroxylation sites is 1. The predicted molar refractivity (Wildman–Crippen MR) is 111 cm³/mol. The number of amides is 1. The Morgan fingerprint density at radius 1 is 1.11 bits per heavy atom. The minimum Gasteiger partial charge on any atom is -0.489 e. The first-order valence-electron chi connectivity index (χ1n) is 8.30. The third kappa shape index (κ3) is 6.75. The lowest BCUT2D eigenvalue weighted by molar-refractivity contribution is -0.123. The van der Waals surface area contributed by atoms with E-state index in [2.05, 4.69) is 39.6 Å². The minimum atomic E-state index is -0.358. The standard InChI is InChI=1S/C21H21BrN2O3/c1-3-7-16-8-5-6-9-19(16)27-15-21(25)24-23-14-17-13-18(22)10-11-20(17)26-12-4-2/h3-6,8-11,13-14H,1-2,7,12,15H2,(H,24,25)/b23-14+. The first-order chi connectivity index (χ1) is 13.1. The largest absolute Gasteiger partial charge is 0.489 e. The molecule has 0 saturated heterocycles. The van der Waals surface area contributed by atoms with Gasteiger partial charge in [0.05, 0.1) is 6.21 Å². The molecule has 2 aromatic rings. The van der Waals surface area contributed by atoms with Crippen LogP contribution in [0.4, 0.5) is 0 Å². The van der Waals surface area contributed by atoms with Gasteiger partial charge < -0.3 is 9.47 Å². The van der Waals surface area contributed by atoms with Crippen molar-refractivity contribution in [3.8, 4) is 11.5 Å². The number of rotatable bonds is 10. The van der Waals surface area contributed by atoms with Crippen molar-refractivity contribution in [1.29, 1.82) is 0 Å². The van der Waals surface area contributed by atoms with Crippen molar-refractivity contribution >= 4 is 28.1 Å². The quantitative estimate of drug-likeness (QED) is 0.349. The number of nitrogens with one attached hydrogen (secondary N) is 1. The zero-order valence-electron chi connectivity index (χ0n) is 14.9. The first-order valence-corrected chi connectivity index (χ1v) is 9.10. The van der Waals surface area contributed by atoms with Gasteiger partial charge in [-0.2, -0.15) is 5.10 Å². The highest BCUT2D eigenvalue weighted by Gasteiger charge is 2.06. The highest BCUT2D eigenvalue weighted by Crippen LogP contribution is 2.22. The Balaban J connectivity index is 1.93. The lowest BCUT2D eigenvalue weighted by Gasteiger charge is -2.09. The molecule has 0 aliphatic rings. The summed E-state index contributed by atoms with van der Waals surface area (Å²) in [5.74, 6) is 0.942. The van der Waals surface area contributed by atoms with Crippen molar-refractivity contribution in [2.45, 2.75) is 6.42 Å². The number of benzene rings is 2. The predicted octanol–water partition coefficient (Wildman–Crippen LogP) is 4.27. The maximum atomic E-state index is 12.0. The summed E-state index contributed by atoms with van der Waals surface area (Å²) in [5.41, 5.74) is 4.15. The SMILES string of the molecule is C=CCOc1ccc(Br)cc1/C=N/NC(=O)COc1ccccc1CC=C. The zero-order chi connectivity index (χ0) is 19.5. The Morgan fingerprint density at radius 3 is 2.70 bits per heavy atom. The van der Waals surface area contributed by atoms with E-state index >= 15 is 0 Å². The van der Waals surface area contributed by atoms with Gasteiger partial charge in [-0.1, -0.05) is 52.9 Å². The molecule has 2 rings (SSSR count). The molecule has 140 valence electrons. The van der Waals surface area contributed by atoms with Crippen LogP contribution in [-0.4, -0.2) is 25.3 Å². The molecular weight excluding hydrogens is 408 g/mol. The molecule has 0 saturated carbocycles. The summed E-state index contributed by atoms with van der Waals surface area (Å²) >= 11 is 3.40. The van der Waals surface area contributed by atoms with Crippen LogP contribution in [0.15, 0.2) is 77.3 Å². The zero-order valence-corrected chi connectivity index (χ0v) is 16.4. The van der Waals surface area contributed by atoms with Crippen LogP contribution >= 0.6 is 15.9 Å². The monoisotopic (exact) mass is 428 g/mol. The van der Waals surface area contributed by atoms with Gasteiger partial charge in [0, 0.05) is 10.0 Å². The van der Waals surface area contributed by atoms with Gasteiger partial charge in [0.2, 0.25) is 0 Å². The molecule has 27 heavy (non-hydrogen) atoms. The van der Waals surface area contributed by atoms with Crippen LogP contribution < -0.4 is 14.9 Å². The molecule has 0 atom stereocenters. The third-order valence-electron chi connectivity index (χ3n) is 3.42. The first kappa shape index (κ1) is 20.5. The fourth-order valence-electron chi connectivity index (χ4n) is 2.22. The topological polar surface area (TPSA) is 59.9 Å². The number of carbonyl (C=O) groups excluding carboxylic acids is 1. The van der Waals surface area contributed by atoms with E-state index < -0.39 is 0 Å². The Morgan fingerprint density at radius 2 is 1.93 bits per heavy atom. The smallest absolute Gasteiger partial charge is 0.277 e. The van der Waals surface area contributed by atoms with Crippen LogP contribution in [0.5, 0.6) is 11.5 Å². The summed E-state index contributed by atoms with van der Waals surface area (Å²) in [6.07, 6.45) is 5.64. The summed E-state index contributed by atoms with van der Waals surface area (Å²) in [4.78, 5) is 12.0. The van der Waals surface area contributed by atoms with Crippen molar-refractivity contribution in [3.05, 3.63) is 83.4 Å². The Kier molecular flexibility index (Phi) is 8.32. The second-order valence-electron chi connectivity index (χ2n) is 5.46. The number of hydrogen-bond acceptors (Lipinski definition) is 4. The van der Waals surface area contributed by atoms with Crippen LogP contribution in [0.3, 0.4) is 0 Å². The molecule has 1 N–H and O–H groups in total. The molecule has 2 aromatic carbocycles. The van der Waals surface area contributed by atoms with Gasteiger partial charge in [-0.15, -0.1) is 6.58 Å². The summed E-state index contributed by atoms with van der Waals surface area (Å²) in [5, 5.41) is 3.98. The van der Waals surface area contributed by atoms with E-state index in [0.29, 0.717) is 24.5 Å². The molecule has 0 unspecified atom stereocenters. The van der Waals surface area contributed by atoms with Crippen molar-refractivity contribution in [2.75, 3.05) is 13.2 Å². The van der Waals surface area contributed by atoms with Gasteiger partial charge in [0.15, 0.2) is 6.61 Å². The highest BCUT2D eigenvalue weighted by molar-refractivity contribution is 9.10. The van der Waals surface area contributed by atoms with Crippen molar-refractivity contribution in [3.63, 3.8) is 0 Å². The number of hydrogen-bond donors (Lipinski definition) is 1. The number of carbonyl (C=O) groups is 1. The van der Waals surface area contributed by atoms with E-state index in [4.69, 9.17) is 9.47 Å². The third-order valence-corrected chi connectivity index (χ3v) is 3.91. The molecule has 0 fully saturated rings. The Bertz CT molecular complexity index is 834. The van der Waals surface area contributed by atoms with E-state index in [1.165, 1.54) is 6.21 Å². The number of ether oxygens (including phenoxy) is 2. The molecule has 0 heterocycles. The van der Waals surface area contributed by atoms with Crippen molar-refractivity contribution < 1.29 is 14.3 Å². The lowest BCUT2D eigenvalue weighted by atomic mass is 10.1. The maximum Gasteiger partial charge on any atom is 0.277 e. The molecule has 0 aliphatic carbocycles. The lowest BCUT2D eigenvalue weighted by Crippen LogP contribution is -2.24. The normalized spacial score (nSPS) is 10.4. The summed E-state index contributed by atoms with van der Waals surface area (Å²) in [6.45, 7) is 7.59. The number of halogens is 1. The molecule has 5 nitrogen and oxygen atoms in total. The molecule has 0 spiro atoms. The molecule has 0 radical (unpaired) electrons. The van der Waals surface area contributed by atoms with Crippen LogP contribution in [0.2, 0.25) is 0 Å². The van der Waals surface area contributed by atoms with E-state index in [9.17, 15) is 4.79 Å². The fraction of sp³-hybridized carbons (Fsp3) is 0.143. The molecule has 0 bridgehead atoms. The summed E-state index contributed by atoms with van der Waals surface area (Å²) in [7, 11) is 0. The van der Waals surface area contributed by atoms with Gasteiger partial charge in [-0.05, 0) is 36.2 Å². The van der Waals surface area contributed by atoms with Crippen LogP contribution in [0.25, 0.3) is 0 Å². The Hall–Kier alpha value is -2.86. The summed E-state index contributed by atoms with van der Waals surface area (Å²) < 4.78 is 12.0. The van der Waals surface area contributed by atoms with Gasteiger partial charge >= 0.3 is 0 Å².